The number of aromatic nitrogens is 1. The van der Waals surface area contributed by atoms with E-state index in [1.54, 1.807) is 13.0 Å². The summed E-state index contributed by atoms with van der Waals surface area (Å²) in [5.74, 6) is -2.02. The molecule has 0 spiro atoms. The topological polar surface area (TPSA) is 85.1 Å². The molecule has 6 heteroatoms. The summed E-state index contributed by atoms with van der Waals surface area (Å²) in [7, 11) is 0. The van der Waals surface area contributed by atoms with Crippen molar-refractivity contribution >= 4 is 28.4 Å². The van der Waals surface area contributed by atoms with Gasteiger partial charge in [0.05, 0.1) is 22.3 Å². The fourth-order valence-corrected chi connectivity index (χ4v) is 2.59. The molecule has 0 aliphatic rings. The van der Waals surface area contributed by atoms with Crippen LogP contribution in [0.4, 0.5) is 10.1 Å². The number of pyridine rings is 1. The molecule has 25 heavy (non-hydrogen) atoms. The maximum absolute atomic E-state index is 13.5. The Morgan fingerprint density at radius 2 is 1.80 bits per heavy atom. The van der Waals surface area contributed by atoms with Crippen molar-refractivity contribution < 1.29 is 14.0 Å². The lowest BCUT2D eigenvalue weighted by molar-refractivity contribution is 0.0992. The van der Waals surface area contributed by atoms with E-state index in [9.17, 15) is 14.0 Å². The normalized spacial score (nSPS) is 10.7. The predicted octanol–water partition coefficient (Wildman–Crippen LogP) is 3.34. The van der Waals surface area contributed by atoms with Crippen LogP contribution in [0.5, 0.6) is 0 Å². The van der Waals surface area contributed by atoms with E-state index in [0.717, 1.165) is 22.5 Å². The minimum Gasteiger partial charge on any atom is -0.366 e. The first kappa shape index (κ1) is 16.6. The summed E-state index contributed by atoms with van der Waals surface area (Å²) in [4.78, 5) is 28.2. The van der Waals surface area contributed by atoms with Gasteiger partial charge in [0, 0.05) is 11.1 Å². The van der Waals surface area contributed by atoms with Gasteiger partial charge in [0.2, 0.25) is 0 Å². The zero-order valence-electron chi connectivity index (χ0n) is 13.8. The van der Waals surface area contributed by atoms with Crippen molar-refractivity contribution in [3.8, 4) is 0 Å². The molecule has 0 fully saturated rings. The van der Waals surface area contributed by atoms with Crippen LogP contribution in [0.3, 0.4) is 0 Å². The SMILES string of the molecule is Cc1ccc2cc(C(=O)Nc3ccc(F)c(C(N)=O)c3)c(C)nc2c1. The van der Waals surface area contributed by atoms with Crippen LogP contribution in [-0.2, 0) is 0 Å². The molecule has 0 atom stereocenters. The Morgan fingerprint density at radius 1 is 1.04 bits per heavy atom. The fourth-order valence-electron chi connectivity index (χ4n) is 2.59. The van der Waals surface area contributed by atoms with Gasteiger partial charge >= 0.3 is 0 Å². The van der Waals surface area contributed by atoms with Crippen molar-refractivity contribution in [2.75, 3.05) is 5.32 Å². The standard InChI is InChI=1S/C19H16FN3O2/c1-10-3-4-12-8-14(11(2)22-17(12)7-10)19(25)23-13-5-6-16(20)15(9-13)18(21)24/h3-9H,1-2H3,(H2,21,24)(H,23,25). The van der Waals surface area contributed by atoms with E-state index in [1.807, 2.05) is 25.1 Å². The minimum atomic E-state index is -0.896. The van der Waals surface area contributed by atoms with Gasteiger partial charge in [-0.1, -0.05) is 12.1 Å². The molecular formula is C19H16FN3O2. The van der Waals surface area contributed by atoms with Crippen molar-refractivity contribution in [3.05, 3.63) is 70.7 Å². The Labute approximate surface area is 143 Å². The zero-order valence-corrected chi connectivity index (χ0v) is 13.8. The molecule has 3 rings (SSSR count). The highest BCUT2D eigenvalue weighted by Gasteiger charge is 2.14. The molecule has 0 unspecified atom stereocenters. The Kier molecular flexibility index (Phi) is 4.19. The predicted molar refractivity (Wildman–Crippen MR) is 94.1 cm³/mol. The molecule has 3 aromatic rings. The summed E-state index contributed by atoms with van der Waals surface area (Å²) in [5, 5.41) is 3.49. The van der Waals surface area contributed by atoms with Crippen LogP contribution < -0.4 is 11.1 Å². The smallest absolute Gasteiger partial charge is 0.257 e. The molecule has 3 N–H and O–H groups in total. The number of nitrogens with zero attached hydrogens (tertiary/aromatic N) is 1. The van der Waals surface area contributed by atoms with Crippen LogP contribution in [0.1, 0.15) is 32.0 Å². The monoisotopic (exact) mass is 337 g/mol. The van der Waals surface area contributed by atoms with Crippen molar-refractivity contribution in [2.24, 2.45) is 5.73 Å². The summed E-state index contributed by atoms with van der Waals surface area (Å²) in [6.07, 6.45) is 0. The van der Waals surface area contributed by atoms with Gasteiger partial charge < -0.3 is 11.1 Å². The lowest BCUT2D eigenvalue weighted by Crippen LogP contribution is -2.17. The molecule has 0 aliphatic heterocycles. The number of rotatable bonds is 3. The number of hydrogen-bond acceptors (Lipinski definition) is 3. The molecule has 0 radical (unpaired) electrons. The molecule has 1 heterocycles. The van der Waals surface area contributed by atoms with Gasteiger partial charge in [-0.2, -0.15) is 0 Å². The van der Waals surface area contributed by atoms with Crippen LogP contribution in [0.15, 0.2) is 42.5 Å². The number of nitrogens with two attached hydrogens (primary N) is 1. The molecule has 2 amide bonds. The third-order valence-electron chi connectivity index (χ3n) is 3.90. The van der Waals surface area contributed by atoms with Crippen LogP contribution in [0.2, 0.25) is 0 Å². The second-order valence-electron chi connectivity index (χ2n) is 5.83. The summed E-state index contributed by atoms with van der Waals surface area (Å²) >= 11 is 0. The van der Waals surface area contributed by atoms with E-state index in [-0.39, 0.29) is 11.3 Å². The van der Waals surface area contributed by atoms with Crippen LogP contribution in [0.25, 0.3) is 10.9 Å². The molecule has 2 aromatic carbocycles. The van der Waals surface area contributed by atoms with Gasteiger partial charge in [-0.15, -0.1) is 0 Å². The van der Waals surface area contributed by atoms with E-state index >= 15 is 0 Å². The van der Waals surface area contributed by atoms with Crippen molar-refractivity contribution in [3.63, 3.8) is 0 Å². The fraction of sp³-hybridized carbons (Fsp3) is 0.105. The van der Waals surface area contributed by atoms with Gasteiger partial charge in [0.1, 0.15) is 5.82 Å². The number of carbonyl (C=O) groups excluding carboxylic acids is 2. The summed E-state index contributed by atoms with van der Waals surface area (Å²) in [6, 6.07) is 11.2. The Balaban J connectivity index is 1.95. The minimum absolute atomic E-state index is 0.276. The average molecular weight is 337 g/mol. The van der Waals surface area contributed by atoms with E-state index in [4.69, 9.17) is 5.73 Å². The second-order valence-corrected chi connectivity index (χ2v) is 5.83. The maximum Gasteiger partial charge on any atom is 0.257 e. The Hall–Kier alpha value is -3.28. The molecular weight excluding hydrogens is 321 g/mol. The number of amides is 2. The third kappa shape index (κ3) is 3.33. The van der Waals surface area contributed by atoms with E-state index in [2.05, 4.69) is 10.3 Å². The summed E-state index contributed by atoms with van der Waals surface area (Å²) < 4.78 is 13.5. The summed E-state index contributed by atoms with van der Waals surface area (Å²) in [6.45, 7) is 3.72. The number of fused-ring (bicyclic) bond motifs is 1. The Morgan fingerprint density at radius 3 is 2.52 bits per heavy atom. The molecule has 0 bridgehead atoms. The Bertz CT molecular complexity index is 1010. The highest BCUT2D eigenvalue weighted by molar-refractivity contribution is 6.07. The van der Waals surface area contributed by atoms with Crippen LogP contribution in [-0.4, -0.2) is 16.8 Å². The van der Waals surface area contributed by atoms with Gasteiger partial charge in [0.25, 0.3) is 11.8 Å². The highest BCUT2D eigenvalue weighted by atomic mass is 19.1. The van der Waals surface area contributed by atoms with Gasteiger partial charge in [-0.05, 0) is 49.7 Å². The van der Waals surface area contributed by atoms with Gasteiger partial charge in [-0.25, -0.2) is 4.39 Å². The van der Waals surface area contributed by atoms with Gasteiger partial charge in [0.15, 0.2) is 0 Å². The lowest BCUT2D eigenvalue weighted by atomic mass is 10.1. The molecule has 5 nitrogen and oxygen atoms in total. The first-order valence-electron chi connectivity index (χ1n) is 7.64. The average Bonchev–Trinajstić information content (AvgIpc) is 2.55. The van der Waals surface area contributed by atoms with E-state index in [1.165, 1.54) is 12.1 Å². The first-order chi connectivity index (χ1) is 11.8. The number of anilines is 1. The number of benzene rings is 2. The number of carbonyl (C=O) groups is 2. The first-order valence-corrected chi connectivity index (χ1v) is 7.64. The summed E-state index contributed by atoms with van der Waals surface area (Å²) in [5.41, 5.74) is 8.00. The van der Waals surface area contributed by atoms with Gasteiger partial charge in [-0.3, -0.25) is 14.6 Å². The van der Waals surface area contributed by atoms with Crippen LogP contribution in [0, 0.1) is 19.7 Å². The lowest BCUT2D eigenvalue weighted by Gasteiger charge is -2.10. The number of nitrogens with one attached hydrogen (secondary N) is 1. The van der Waals surface area contributed by atoms with Crippen molar-refractivity contribution in [1.29, 1.82) is 0 Å². The van der Waals surface area contributed by atoms with Crippen molar-refractivity contribution in [1.82, 2.24) is 4.98 Å². The molecule has 0 saturated heterocycles. The number of halogens is 1. The number of primary amides is 1. The molecule has 0 saturated carbocycles. The van der Waals surface area contributed by atoms with E-state index < -0.39 is 17.6 Å². The largest absolute Gasteiger partial charge is 0.366 e. The van der Waals surface area contributed by atoms with E-state index in [0.29, 0.717) is 11.3 Å². The zero-order chi connectivity index (χ0) is 18.1. The number of aryl methyl sites for hydroxylation is 2. The second kappa shape index (κ2) is 6.32. The highest BCUT2D eigenvalue weighted by Crippen LogP contribution is 2.20. The molecule has 1 aromatic heterocycles. The quantitative estimate of drug-likeness (QED) is 0.768. The molecule has 126 valence electrons. The molecule has 0 aliphatic carbocycles. The van der Waals surface area contributed by atoms with Crippen LogP contribution >= 0.6 is 0 Å². The number of hydrogen-bond donors (Lipinski definition) is 2. The maximum atomic E-state index is 13.5. The third-order valence-corrected chi connectivity index (χ3v) is 3.90. The van der Waals surface area contributed by atoms with Crippen molar-refractivity contribution in [2.45, 2.75) is 13.8 Å².